The molecule has 0 spiro atoms. The Morgan fingerprint density at radius 3 is 2.68 bits per heavy atom. The number of ether oxygens (including phenoxy) is 1. The Bertz CT molecular complexity index is 578. The van der Waals surface area contributed by atoms with Gasteiger partial charge in [-0.25, -0.2) is 0 Å². The van der Waals surface area contributed by atoms with Gasteiger partial charge in [-0.15, -0.1) is 0 Å². The van der Waals surface area contributed by atoms with Crippen molar-refractivity contribution in [3.8, 4) is 5.75 Å². The van der Waals surface area contributed by atoms with Crippen LogP contribution in [0.5, 0.6) is 5.75 Å². The molecule has 5 heteroatoms. The molecule has 0 radical (unpaired) electrons. The molecule has 19 heavy (non-hydrogen) atoms. The van der Waals surface area contributed by atoms with Gasteiger partial charge in [0.15, 0.2) is 0 Å². The lowest BCUT2D eigenvalue weighted by Crippen LogP contribution is -2.18. The Balaban J connectivity index is 2.29. The second-order valence-corrected chi connectivity index (χ2v) is 6.50. The maximum absolute atomic E-state index is 5.87. The summed E-state index contributed by atoms with van der Waals surface area (Å²) in [4.78, 5) is 0. The van der Waals surface area contributed by atoms with E-state index in [1.54, 1.807) is 7.11 Å². The number of hydrogen-bond donors (Lipinski definition) is 1. The molecule has 2 aromatic rings. The van der Waals surface area contributed by atoms with E-state index in [0.717, 1.165) is 44.5 Å². The van der Waals surface area contributed by atoms with Crippen LogP contribution >= 0.6 is 31.9 Å². The summed E-state index contributed by atoms with van der Waals surface area (Å²) in [6.07, 6.45) is 0. The number of rotatable bonds is 5. The molecular formula is C14H17Br2NO2. The Labute approximate surface area is 129 Å². The molecule has 0 aliphatic rings. The standard InChI is InChI=1S/C14H17Br2NO2/c1-8(2)6-17-7-9-4-10-13(16)12(18-3)5-11(15)14(10)19-9/h4-5,8,17H,6-7H2,1-3H3. The number of benzene rings is 1. The van der Waals surface area contributed by atoms with Crippen LogP contribution in [-0.2, 0) is 6.54 Å². The van der Waals surface area contributed by atoms with Crippen molar-refractivity contribution < 1.29 is 9.15 Å². The summed E-state index contributed by atoms with van der Waals surface area (Å²) in [6.45, 7) is 6.07. The van der Waals surface area contributed by atoms with E-state index in [2.05, 4.69) is 51.0 Å². The third-order valence-corrected chi connectivity index (χ3v) is 4.19. The van der Waals surface area contributed by atoms with Gasteiger partial charge in [0.2, 0.25) is 0 Å². The van der Waals surface area contributed by atoms with Gasteiger partial charge in [-0.3, -0.25) is 0 Å². The monoisotopic (exact) mass is 389 g/mol. The lowest BCUT2D eigenvalue weighted by molar-refractivity contribution is 0.412. The zero-order valence-electron chi connectivity index (χ0n) is 11.2. The predicted molar refractivity (Wildman–Crippen MR) is 84.7 cm³/mol. The molecule has 3 nitrogen and oxygen atoms in total. The highest BCUT2D eigenvalue weighted by atomic mass is 79.9. The van der Waals surface area contributed by atoms with Crippen molar-refractivity contribution in [3.05, 3.63) is 26.8 Å². The normalized spacial score (nSPS) is 11.5. The van der Waals surface area contributed by atoms with Gasteiger partial charge in [0.1, 0.15) is 17.1 Å². The summed E-state index contributed by atoms with van der Waals surface area (Å²) < 4.78 is 13.0. The number of nitrogens with one attached hydrogen (secondary N) is 1. The zero-order valence-corrected chi connectivity index (χ0v) is 14.4. The molecule has 1 aromatic carbocycles. The molecule has 0 saturated carbocycles. The molecule has 0 aliphatic heterocycles. The van der Waals surface area contributed by atoms with Crippen molar-refractivity contribution in [1.82, 2.24) is 5.32 Å². The van der Waals surface area contributed by atoms with Crippen LogP contribution in [0, 0.1) is 5.92 Å². The minimum atomic E-state index is 0.628. The summed E-state index contributed by atoms with van der Waals surface area (Å²) in [5.41, 5.74) is 0.842. The number of fused-ring (bicyclic) bond motifs is 1. The van der Waals surface area contributed by atoms with Gasteiger partial charge < -0.3 is 14.5 Å². The van der Waals surface area contributed by atoms with E-state index in [1.165, 1.54) is 0 Å². The molecule has 0 bridgehead atoms. The molecule has 104 valence electrons. The van der Waals surface area contributed by atoms with E-state index in [-0.39, 0.29) is 0 Å². The minimum Gasteiger partial charge on any atom is -0.496 e. The maximum Gasteiger partial charge on any atom is 0.149 e. The summed E-state index contributed by atoms with van der Waals surface area (Å²) >= 11 is 7.07. The van der Waals surface area contributed by atoms with Gasteiger partial charge in [0.25, 0.3) is 0 Å². The van der Waals surface area contributed by atoms with E-state index >= 15 is 0 Å². The number of methoxy groups -OCH3 is 1. The fraction of sp³-hybridized carbons (Fsp3) is 0.429. The zero-order chi connectivity index (χ0) is 14.0. The van der Waals surface area contributed by atoms with Crippen molar-refractivity contribution in [1.29, 1.82) is 0 Å². The van der Waals surface area contributed by atoms with Crippen LogP contribution in [0.1, 0.15) is 19.6 Å². The number of hydrogen-bond acceptors (Lipinski definition) is 3. The fourth-order valence-corrected chi connectivity index (χ4v) is 2.95. The van der Waals surface area contributed by atoms with Crippen molar-refractivity contribution in [2.75, 3.05) is 13.7 Å². The van der Waals surface area contributed by atoms with E-state index in [4.69, 9.17) is 9.15 Å². The van der Waals surface area contributed by atoms with E-state index in [1.807, 2.05) is 12.1 Å². The van der Waals surface area contributed by atoms with Crippen molar-refractivity contribution in [2.24, 2.45) is 5.92 Å². The average Bonchev–Trinajstić information content (AvgIpc) is 2.78. The summed E-state index contributed by atoms with van der Waals surface area (Å²) in [5.74, 6) is 2.34. The fourth-order valence-electron chi connectivity index (χ4n) is 1.88. The van der Waals surface area contributed by atoms with Crippen LogP contribution in [0.2, 0.25) is 0 Å². The first kappa shape index (κ1) is 14.9. The maximum atomic E-state index is 5.87. The molecule has 1 heterocycles. The Kier molecular flexibility index (Phi) is 4.92. The van der Waals surface area contributed by atoms with Gasteiger partial charge in [-0.1, -0.05) is 13.8 Å². The number of furan rings is 1. The third kappa shape index (κ3) is 3.33. The second-order valence-electron chi connectivity index (χ2n) is 4.85. The number of halogens is 2. The highest BCUT2D eigenvalue weighted by Crippen LogP contribution is 2.39. The van der Waals surface area contributed by atoms with Crippen LogP contribution in [0.25, 0.3) is 11.0 Å². The Morgan fingerprint density at radius 2 is 2.05 bits per heavy atom. The third-order valence-electron chi connectivity index (χ3n) is 2.78. The molecule has 0 aliphatic carbocycles. The molecule has 0 unspecified atom stereocenters. The predicted octanol–water partition coefficient (Wildman–Crippen LogP) is 4.71. The molecule has 0 amide bonds. The molecule has 2 rings (SSSR count). The van der Waals surface area contributed by atoms with Crippen LogP contribution in [0.15, 0.2) is 25.5 Å². The topological polar surface area (TPSA) is 34.4 Å². The van der Waals surface area contributed by atoms with Crippen LogP contribution < -0.4 is 10.1 Å². The van der Waals surface area contributed by atoms with Crippen molar-refractivity contribution in [2.45, 2.75) is 20.4 Å². The lowest BCUT2D eigenvalue weighted by atomic mass is 10.2. The molecule has 1 aromatic heterocycles. The first-order valence-electron chi connectivity index (χ1n) is 6.18. The van der Waals surface area contributed by atoms with E-state index in [0.29, 0.717) is 5.92 Å². The molecule has 0 fully saturated rings. The molecule has 0 saturated heterocycles. The van der Waals surface area contributed by atoms with Crippen molar-refractivity contribution in [3.63, 3.8) is 0 Å². The Morgan fingerprint density at radius 1 is 1.32 bits per heavy atom. The lowest BCUT2D eigenvalue weighted by Gasteiger charge is -2.04. The Hall–Kier alpha value is -0.520. The van der Waals surface area contributed by atoms with Crippen LogP contribution in [0.4, 0.5) is 0 Å². The summed E-state index contributed by atoms with van der Waals surface area (Å²) in [6, 6.07) is 3.95. The average molecular weight is 391 g/mol. The van der Waals surface area contributed by atoms with Crippen LogP contribution in [-0.4, -0.2) is 13.7 Å². The highest BCUT2D eigenvalue weighted by molar-refractivity contribution is 9.11. The summed E-state index contributed by atoms with van der Waals surface area (Å²) in [7, 11) is 1.66. The first-order valence-corrected chi connectivity index (χ1v) is 7.76. The van der Waals surface area contributed by atoms with Gasteiger partial charge in [0.05, 0.1) is 22.6 Å². The molecule has 0 atom stereocenters. The molecule has 1 N–H and O–H groups in total. The van der Waals surface area contributed by atoms with E-state index < -0.39 is 0 Å². The van der Waals surface area contributed by atoms with Crippen molar-refractivity contribution >= 4 is 42.8 Å². The van der Waals surface area contributed by atoms with E-state index in [9.17, 15) is 0 Å². The SMILES string of the molecule is COc1cc(Br)c2oc(CNCC(C)C)cc2c1Br. The van der Waals surface area contributed by atoms with Gasteiger partial charge in [-0.2, -0.15) is 0 Å². The smallest absolute Gasteiger partial charge is 0.149 e. The quantitative estimate of drug-likeness (QED) is 0.802. The van der Waals surface area contributed by atoms with Gasteiger partial charge in [0, 0.05) is 5.39 Å². The first-order chi connectivity index (χ1) is 9.02. The summed E-state index contributed by atoms with van der Waals surface area (Å²) in [5, 5.41) is 4.39. The molecular weight excluding hydrogens is 374 g/mol. The van der Waals surface area contributed by atoms with Gasteiger partial charge in [-0.05, 0) is 56.5 Å². The largest absolute Gasteiger partial charge is 0.496 e. The minimum absolute atomic E-state index is 0.628. The van der Waals surface area contributed by atoms with Crippen LogP contribution in [0.3, 0.4) is 0 Å². The van der Waals surface area contributed by atoms with Gasteiger partial charge >= 0.3 is 0 Å². The second kappa shape index (κ2) is 6.29. The highest BCUT2D eigenvalue weighted by Gasteiger charge is 2.14.